The van der Waals surface area contributed by atoms with Crippen molar-refractivity contribution in [3.05, 3.63) is 55.1 Å². The van der Waals surface area contributed by atoms with Gasteiger partial charge in [0.15, 0.2) is 0 Å². The van der Waals surface area contributed by atoms with Crippen LogP contribution in [0.3, 0.4) is 0 Å². The highest BCUT2D eigenvalue weighted by atomic mass is 79.9. The van der Waals surface area contributed by atoms with Crippen LogP contribution in [0.5, 0.6) is 0 Å². The van der Waals surface area contributed by atoms with E-state index in [-0.39, 0.29) is 6.04 Å². The van der Waals surface area contributed by atoms with Crippen LogP contribution in [-0.2, 0) is 6.42 Å². The first-order valence-corrected chi connectivity index (χ1v) is 7.60. The first kappa shape index (κ1) is 13.2. The molecule has 0 aliphatic carbocycles. The largest absolute Gasteiger partial charge is 0.271 e. The molecule has 0 aliphatic heterocycles. The van der Waals surface area contributed by atoms with Crippen molar-refractivity contribution in [2.45, 2.75) is 12.5 Å². The summed E-state index contributed by atoms with van der Waals surface area (Å²) in [7, 11) is 0. The molecule has 0 aliphatic rings. The summed E-state index contributed by atoms with van der Waals surface area (Å²) in [5, 5.41) is 2.07. The molecule has 90 valence electrons. The molecule has 2 aromatic rings. The fourth-order valence-corrected chi connectivity index (χ4v) is 3.59. The summed E-state index contributed by atoms with van der Waals surface area (Å²) >= 11 is 8.72. The van der Waals surface area contributed by atoms with Crippen molar-refractivity contribution >= 4 is 43.2 Å². The third kappa shape index (κ3) is 3.39. The molecule has 0 saturated carbocycles. The molecule has 3 N–H and O–H groups in total. The Morgan fingerprint density at radius 2 is 2.06 bits per heavy atom. The maximum Gasteiger partial charge on any atom is 0.0594 e. The normalized spacial score (nSPS) is 12.6. The fraction of sp³-hybridized carbons (Fsp3) is 0.167. The maximum absolute atomic E-state index is 5.64. The molecular weight excluding hydrogens is 364 g/mol. The van der Waals surface area contributed by atoms with Gasteiger partial charge in [0.05, 0.1) is 6.04 Å². The average Bonchev–Trinajstić information content (AvgIpc) is 2.75. The van der Waals surface area contributed by atoms with E-state index in [0.717, 1.165) is 15.4 Å². The Labute approximate surface area is 121 Å². The van der Waals surface area contributed by atoms with Gasteiger partial charge in [-0.15, -0.1) is 11.3 Å². The van der Waals surface area contributed by atoms with E-state index in [9.17, 15) is 0 Å². The number of hydrazine groups is 1. The molecule has 2 nitrogen and oxygen atoms in total. The number of thiophene rings is 1. The zero-order valence-electron chi connectivity index (χ0n) is 8.99. The van der Waals surface area contributed by atoms with Gasteiger partial charge in [0, 0.05) is 19.2 Å². The minimum Gasteiger partial charge on any atom is -0.271 e. The zero-order valence-corrected chi connectivity index (χ0v) is 13.0. The molecule has 0 saturated heterocycles. The number of hydrogen-bond donors (Lipinski definition) is 2. The molecule has 17 heavy (non-hydrogen) atoms. The van der Waals surface area contributed by atoms with Gasteiger partial charge in [0.1, 0.15) is 0 Å². The monoisotopic (exact) mass is 374 g/mol. The van der Waals surface area contributed by atoms with E-state index < -0.39 is 0 Å². The van der Waals surface area contributed by atoms with Gasteiger partial charge in [-0.2, -0.15) is 0 Å². The molecule has 1 unspecified atom stereocenters. The molecule has 0 bridgehead atoms. The van der Waals surface area contributed by atoms with Gasteiger partial charge >= 0.3 is 0 Å². The molecule has 1 atom stereocenters. The van der Waals surface area contributed by atoms with Gasteiger partial charge in [-0.3, -0.25) is 11.3 Å². The Morgan fingerprint density at radius 3 is 2.65 bits per heavy atom. The Kier molecular flexibility index (Phi) is 4.76. The van der Waals surface area contributed by atoms with E-state index in [1.807, 2.05) is 18.2 Å². The predicted octanol–water partition coefficient (Wildman–Crippen LogP) is 4.02. The van der Waals surface area contributed by atoms with Crippen molar-refractivity contribution in [2.75, 3.05) is 0 Å². The topological polar surface area (TPSA) is 38.0 Å². The number of rotatable bonds is 4. The van der Waals surface area contributed by atoms with Crippen LogP contribution in [0.2, 0.25) is 0 Å². The summed E-state index contributed by atoms with van der Waals surface area (Å²) in [6, 6.07) is 10.5. The quantitative estimate of drug-likeness (QED) is 0.625. The summed E-state index contributed by atoms with van der Waals surface area (Å²) in [6.45, 7) is 0. The SMILES string of the molecule is NNC(Cc1ccccc1Br)c1cc(Br)cs1. The van der Waals surface area contributed by atoms with Crippen LogP contribution in [0, 0.1) is 0 Å². The minimum atomic E-state index is 0.144. The highest BCUT2D eigenvalue weighted by Gasteiger charge is 2.14. The second kappa shape index (κ2) is 6.11. The van der Waals surface area contributed by atoms with Crippen molar-refractivity contribution in [3.8, 4) is 0 Å². The van der Waals surface area contributed by atoms with Gasteiger partial charge in [0.25, 0.3) is 0 Å². The van der Waals surface area contributed by atoms with Gasteiger partial charge in [-0.25, -0.2) is 0 Å². The summed E-state index contributed by atoms with van der Waals surface area (Å²) in [5.41, 5.74) is 4.13. The molecule has 1 aromatic carbocycles. The lowest BCUT2D eigenvalue weighted by Crippen LogP contribution is -2.29. The molecular formula is C12H12Br2N2S. The number of benzene rings is 1. The van der Waals surface area contributed by atoms with Gasteiger partial charge in [0.2, 0.25) is 0 Å². The van der Waals surface area contributed by atoms with Crippen LogP contribution in [0.15, 0.2) is 44.7 Å². The molecule has 5 heteroatoms. The highest BCUT2D eigenvalue weighted by molar-refractivity contribution is 9.10. The zero-order chi connectivity index (χ0) is 12.3. The third-order valence-corrected chi connectivity index (χ3v) is 5.10. The van der Waals surface area contributed by atoms with E-state index in [0.29, 0.717) is 0 Å². The van der Waals surface area contributed by atoms with Crippen LogP contribution in [0.25, 0.3) is 0 Å². The van der Waals surface area contributed by atoms with E-state index >= 15 is 0 Å². The van der Waals surface area contributed by atoms with E-state index in [2.05, 4.69) is 54.8 Å². The third-order valence-electron chi connectivity index (χ3n) is 2.51. The minimum absolute atomic E-state index is 0.144. The Hall–Kier alpha value is -0.200. The Morgan fingerprint density at radius 1 is 1.29 bits per heavy atom. The van der Waals surface area contributed by atoms with Gasteiger partial charge in [-0.05, 0) is 40.0 Å². The van der Waals surface area contributed by atoms with E-state index in [1.165, 1.54) is 10.4 Å². The van der Waals surface area contributed by atoms with Crippen LogP contribution >= 0.6 is 43.2 Å². The standard InChI is InChI=1S/C12H12Br2N2S/c13-9-6-12(17-7-9)11(16-15)5-8-3-1-2-4-10(8)14/h1-4,6-7,11,16H,5,15H2. The summed E-state index contributed by atoms with van der Waals surface area (Å²) < 4.78 is 2.22. The number of nitrogens with one attached hydrogen (secondary N) is 1. The van der Waals surface area contributed by atoms with Gasteiger partial charge < -0.3 is 0 Å². The first-order chi connectivity index (χ1) is 8.20. The summed E-state index contributed by atoms with van der Waals surface area (Å²) in [6.07, 6.45) is 0.866. The van der Waals surface area contributed by atoms with Crippen LogP contribution in [0.4, 0.5) is 0 Å². The van der Waals surface area contributed by atoms with Crippen molar-refractivity contribution in [2.24, 2.45) is 5.84 Å². The summed E-state index contributed by atoms with van der Waals surface area (Å²) in [5.74, 6) is 5.64. The van der Waals surface area contributed by atoms with E-state index in [4.69, 9.17) is 5.84 Å². The number of halogens is 2. The van der Waals surface area contributed by atoms with Crippen LogP contribution in [-0.4, -0.2) is 0 Å². The second-order valence-electron chi connectivity index (χ2n) is 3.68. The van der Waals surface area contributed by atoms with Crippen molar-refractivity contribution in [1.82, 2.24) is 5.43 Å². The summed E-state index contributed by atoms with van der Waals surface area (Å²) in [4.78, 5) is 1.23. The number of nitrogens with two attached hydrogens (primary N) is 1. The smallest absolute Gasteiger partial charge is 0.0594 e. The molecule has 0 spiro atoms. The first-order valence-electron chi connectivity index (χ1n) is 5.14. The molecule has 0 fully saturated rings. The maximum atomic E-state index is 5.64. The van der Waals surface area contributed by atoms with Crippen molar-refractivity contribution in [3.63, 3.8) is 0 Å². The molecule has 0 amide bonds. The highest BCUT2D eigenvalue weighted by Crippen LogP contribution is 2.29. The van der Waals surface area contributed by atoms with E-state index in [1.54, 1.807) is 11.3 Å². The van der Waals surface area contributed by atoms with Crippen LogP contribution < -0.4 is 11.3 Å². The lowest BCUT2D eigenvalue weighted by Gasteiger charge is -2.15. The fourth-order valence-electron chi connectivity index (χ4n) is 1.64. The predicted molar refractivity (Wildman–Crippen MR) is 79.9 cm³/mol. The lowest BCUT2D eigenvalue weighted by molar-refractivity contribution is 0.559. The number of hydrogen-bond acceptors (Lipinski definition) is 3. The molecule has 0 radical (unpaired) electrons. The molecule has 1 aromatic heterocycles. The Balaban J connectivity index is 2.18. The Bertz CT molecular complexity index is 499. The van der Waals surface area contributed by atoms with Gasteiger partial charge in [-0.1, -0.05) is 34.1 Å². The molecule has 1 heterocycles. The van der Waals surface area contributed by atoms with Crippen molar-refractivity contribution in [1.29, 1.82) is 0 Å². The van der Waals surface area contributed by atoms with Crippen molar-refractivity contribution < 1.29 is 0 Å². The average molecular weight is 376 g/mol. The van der Waals surface area contributed by atoms with Crippen LogP contribution in [0.1, 0.15) is 16.5 Å². The second-order valence-corrected chi connectivity index (χ2v) is 6.39. The molecule has 2 rings (SSSR count). The lowest BCUT2D eigenvalue weighted by atomic mass is 10.1.